The van der Waals surface area contributed by atoms with Gasteiger partial charge in [0, 0.05) is 13.2 Å². The second kappa shape index (κ2) is 5.69. The van der Waals surface area contributed by atoms with Gasteiger partial charge >= 0.3 is 0 Å². The van der Waals surface area contributed by atoms with Gasteiger partial charge in [-0.15, -0.1) is 0 Å². The largest absolute Gasteiger partial charge is 0.383 e. The summed E-state index contributed by atoms with van der Waals surface area (Å²) in [5.74, 6) is 0.722. The van der Waals surface area contributed by atoms with Crippen LogP contribution in [0.2, 0.25) is 0 Å². The Labute approximate surface area is 64.0 Å². The van der Waals surface area contributed by atoms with Gasteiger partial charge in [0.05, 0.1) is 6.61 Å². The molecule has 0 heterocycles. The minimum absolute atomic E-state index is 0.479. The van der Waals surface area contributed by atoms with E-state index in [1.54, 1.807) is 7.11 Å². The molecule has 0 saturated heterocycles. The second-order valence-electron chi connectivity index (χ2n) is 3.16. The lowest BCUT2D eigenvalue weighted by atomic mass is 10.2. The highest BCUT2D eigenvalue weighted by Gasteiger charge is 1.99. The summed E-state index contributed by atoms with van der Waals surface area (Å²) in [7, 11) is 1.73. The fourth-order valence-electron chi connectivity index (χ4n) is 0.746. The maximum absolute atomic E-state index is 4.97. The molecule has 1 N–H and O–H groups in total. The van der Waals surface area contributed by atoms with Crippen LogP contribution in [0.4, 0.5) is 0 Å². The lowest BCUT2D eigenvalue weighted by Gasteiger charge is -2.13. The van der Waals surface area contributed by atoms with Gasteiger partial charge in [0.15, 0.2) is 0 Å². The van der Waals surface area contributed by atoms with E-state index in [4.69, 9.17) is 4.74 Å². The van der Waals surface area contributed by atoms with Gasteiger partial charge in [0.1, 0.15) is 0 Å². The fraction of sp³-hybridized carbons (Fsp3) is 1.00. The maximum atomic E-state index is 4.97. The smallest absolute Gasteiger partial charge is 0.0613 e. The Bertz CT molecular complexity index is 73.7. The summed E-state index contributed by atoms with van der Waals surface area (Å²) in [6.45, 7) is 8.40. The van der Waals surface area contributed by atoms with Gasteiger partial charge in [-0.05, 0) is 19.4 Å². The average molecular weight is 145 g/mol. The molecule has 0 amide bonds. The molecule has 0 unspecified atom stereocenters. The SMILES string of the molecule is COC[C@@H](C)NCC(C)C. The molecule has 1 atom stereocenters. The van der Waals surface area contributed by atoms with E-state index in [0.717, 1.165) is 19.1 Å². The van der Waals surface area contributed by atoms with E-state index in [-0.39, 0.29) is 0 Å². The molecule has 10 heavy (non-hydrogen) atoms. The lowest BCUT2D eigenvalue weighted by molar-refractivity contribution is 0.171. The zero-order chi connectivity index (χ0) is 7.98. The third-order valence-electron chi connectivity index (χ3n) is 1.29. The number of methoxy groups -OCH3 is 1. The van der Waals surface area contributed by atoms with Crippen molar-refractivity contribution in [3.05, 3.63) is 0 Å². The van der Waals surface area contributed by atoms with Gasteiger partial charge in [-0.2, -0.15) is 0 Å². The van der Waals surface area contributed by atoms with E-state index >= 15 is 0 Å². The minimum Gasteiger partial charge on any atom is -0.383 e. The standard InChI is InChI=1S/C8H19NO/c1-7(2)5-9-8(3)6-10-4/h7-9H,5-6H2,1-4H3/t8-/m1/s1. The number of nitrogens with one attached hydrogen (secondary N) is 1. The Balaban J connectivity index is 3.12. The Morgan fingerprint density at radius 3 is 2.30 bits per heavy atom. The topological polar surface area (TPSA) is 21.3 Å². The third kappa shape index (κ3) is 6.05. The van der Waals surface area contributed by atoms with Crippen LogP contribution >= 0.6 is 0 Å². The van der Waals surface area contributed by atoms with Crippen LogP contribution in [0.1, 0.15) is 20.8 Å². The molecule has 0 saturated carbocycles. The quantitative estimate of drug-likeness (QED) is 0.629. The second-order valence-corrected chi connectivity index (χ2v) is 3.16. The Hall–Kier alpha value is -0.0800. The van der Waals surface area contributed by atoms with Crippen LogP contribution in [0.25, 0.3) is 0 Å². The van der Waals surface area contributed by atoms with Crippen molar-refractivity contribution in [3.8, 4) is 0 Å². The number of hydrogen-bond donors (Lipinski definition) is 1. The molecule has 62 valence electrons. The molecular formula is C8H19NO. The Morgan fingerprint density at radius 1 is 1.30 bits per heavy atom. The van der Waals surface area contributed by atoms with Gasteiger partial charge in [-0.25, -0.2) is 0 Å². The molecular weight excluding hydrogens is 126 g/mol. The highest BCUT2D eigenvalue weighted by Crippen LogP contribution is 1.89. The van der Waals surface area contributed by atoms with Crippen molar-refractivity contribution in [1.82, 2.24) is 5.32 Å². The van der Waals surface area contributed by atoms with Gasteiger partial charge in [-0.1, -0.05) is 13.8 Å². The summed E-state index contributed by atoms with van der Waals surface area (Å²) in [6.07, 6.45) is 0. The first-order valence-corrected chi connectivity index (χ1v) is 3.89. The van der Waals surface area contributed by atoms with Crippen molar-refractivity contribution in [3.63, 3.8) is 0 Å². The third-order valence-corrected chi connectivity index (χ3v) is 1.29. The predicted molar refractivity (Wildman–Crippen MR) is 44.2 cm³/mol. The van der Waals surface area contributed by atoms with Crippen molar-refractivity contribution >= 4 is 0 Å². The van der Waals surface area contributed by atoms with Crippen molar-refractivity contribution in [2.45, 2.75) is 26.8 Å². The zero-order valence-electron chi connectivity index (χ0n) is 7.48. The zero-order valence-corrected chi connectivity index (χ0v) is 7.48. The molecule has 0 aromatic rings. The first kappa shape index (κ1) is 9.92. The molecule has 0 aromatic carbocycles. The monoisotopic (exact) mass is 145 g/mol. The fourth-order valence-corrected chi connectivity index (χ4v) is 0.746. The van der Waals surface area contributed by atoms with E-state index < -0.39 is 0 Å². The van der Waals surface area contributed by atoms with Crippen molar-refractivity contribution in [2.75, 3.05) is 20.3 Å². The molecule has 0 aliphatic heterocycles. The van der Waals surface area contributed by atoms with Crippen LogP contribution in [0.15, 0.2) is 0 Å². The highest BCUT2D eigenvalue weighted by molar-refractivity contribution is 4.59. The van der Waals surface area contributed by atoms with Crippen LogP contribution in [-0.4, -0.2) is 26.3 Å². The molecule has 0 aromatic heterocycles. The van der Waals surface area contributed by atoms with Crippen LogP contribution in [0, 0.1) is 5.92 Å². The summed E-state index contributed by atoms with van der Waals surface area (Å²) >= 11 is 0. The van der Waals surface area contributed by atoms with Gasteiger partial charge < -0.3 is 10.1 Å². The van der Waals surface area contributed by atoms with Crippen molar-refractivity contribution in [2.24, 2.45) is 5.92 Å². The number of ether oxygens (including phenoxy) is 1. The van der Waals surface area contributed by atoms with E-state index in [1.807, 2.05) is 0 Å². The molecule has 0 aliphatic carbocycles. The molecule has 2 heteroatoms. The first-order chi connectivity index (χ1) is 4.66. The summed E-state index contributed by atoms with van der Waals surface area (Å²) in [5, 5.41) is 3.36. The molecule has 0 aliphatic rings. The summed E-state index contributed by atoms with van der Waals surface area (Å²) in [4.78, 5) is 0. The van der Waals surface area contributed by atoms with Crippen LogP contribution in [0.5, 0.6) is 0 Å². The highest BCUT2D eigenvalue weighted by atomic mass is 16.5. The van der Waals surface area contributed by atoms with Crippen LogP contribution in [-0.2, 0) is 4.74 Å². The predicted octanol–water partition coefficient (Wildman–Crippen LogP) is 1.27. The number of hydrogen-bond acceptors (Lipinski definition) is 2. The van der Waals surface area contributed by atoms with Crippen molar-refractivity contribution < 1.29 is 4.74 Å². The summed E-state index contributed by atoms with van der Waals surface area (Å²) < 4.78 is 4.97. The van der Waals surface area contributed by atoms with E-state index in [1.165, 1.54) is 0 Å². The molecule has 0 spiro atoms. The van der Waals surface area contributed by atoms with Gasteiger partial charge in [0.2, 0.25) is 0 Å². The van der Waals surface area contributed by atoms with Crippen LogP contribution < -0.4 is 5.32 Å². The lowest BCUT2D eigenvalue weighted by Crippen LogP contribution is -2.32. The maximum Gasteiger partial charge on any atom is 0.0613 e. The normalized spacial score (nSPS) is 14.1. The van der Waals surface area contributed by atoms with E-state index in [2.05, 4.69) is 26.1 Å². The van der Waals surface area contributed by atoms with E-state index in [9.17, 15) is 0 Å². The number of rotatable bonds is 5. The van der Waals surface area contributed by atoms with E-state index in [0.29, 0.717) is 6.04 Å². The molecule has 0 fully saturated rings. The van der Waals surface area contributed by atoms with Crippen molar-refractivity contribution in [1.29, 1.82) is 0 Å². The first-order valence-electron chi connectivity index (χ1n) is 3.89. The Morgan fingerprint density at radius 2 is 1.90 bits per heavy atom. The molecule has 0 radical (unpaired) electrons. The molecule has 2 nitrogen and oxygen atoms in total. The molecule has 0 rings (SSSR count). The summed E-state index contributed by atoms with van der Waals surface area (Å²) in [5.41, 5.74) is 0. The summed E-state index contributed by atoms with van der Waals surface area (Å²) in [6, 6.07) is 0.479. The minimum atomic E-state index is 0.479. The van der Waals surface area contributed by atoms with Gasteiger partial charge in [-0.3, -0.25) is 0 Å². The average Bonchev–Trinajstić information content (AvgIpc) is 1.85. The molecule has 0 bridgehead atoms. The Kier molecular flexibility index (Phi) is 5.64. The van der Waals surface area contributed by atoms with Crippen LogP contribution in [0.3, 0.4) is 0 Å². The van der Waals surface area contributed by atoms with Gasteiger partial charge in [0.25, 0.3) is 0 Å².